The number of nitro groups is 2. The SMILES string of the molecule is CC(C)[C@H](NC(=O)c1cccc([N+](=O)[O-])c1)c1nnc(SCC(=O)Nc2ccccc2[N+](=O)[O-])n1C. The molecule has 14 heteroatoms. The average Bonchev–Trinajstić information content (AvgIpc) is 3.20. The lowest BCUT2D eigenvalue weighted by Crippen LogP contribution is -2.33. The Balaban J connectivity index is 1.70. The predicted molar refractivity (Wildman–Crippen MR) is 132 cm³/mol. The van der Waals surface area contributed by atoms with Gasteiger partial charge in [0, 0.05) is 30.8 Å². The highest BCUT2D eigenvalue weighted by molar-refractivity contribution is 7.99. The zero-order chi connectivity index (χ0) is 26.4. The van der Waals surface area contributed by atoms with Crippen molar-refractivity contribution in [1.29, 1.82) is 0 Å². The Bertz CT molecular complexity index is 1310. The van der Waals surface area contributed by atoms with Crippen LogP contribution in [0.4, 0.5) is 17.1 Å². The van der Waals surface area contributed by atoms with E-state index >= 15 is 0 Å². The van der Waals surface area contributed by atoms with Crippen LogP contribution in [0.3, 0.4) is 0 Å². The van der Waals surface area contributed by atoms with E-state index in [-0.39, 0.29) is 34.3 Å². The van der Waals surface area contributed by atoms with Gasteiger partial charge in [-0.15, -0.1) is 10.2 Å². The molecule has 13 nitrogen and oxygen atoms in total. The number of nitrogens with zero attached hydrogens (tertiary/aromatic N) is 5. The van der Waals surface area contributed by atoms with Crippen molar-refractivity contribution in [1.82, 2.24) is 20.1 Å². The number of amides is 2. The molecule has 0 saturated heterocycles. The van der Waals surface area contributed by atoms with Gasteiger partial charge in [-0.2, -0.15) is 0 Å². The molecule has 1 heterocycles. The number of carbonyl (C=O) groups excluding carboxylic acids is 2. The number of rotatable bonds is 10. The molecular weight excluding hydrogens is 490 g/mol. The molecule has 2 amide bonds. The zero-order valence-electron chi connectivity index (χ0n) is 19.6. The molecule has 1 aromatic heterocycles. The molecule has 0 aliphatic rings. The highest BCUT2D eigenvalue weighted by atomic mass is 32.2. The van der Waals surface area contributed by atoms with Crippen LogP contribution >= 0.6 is 11.8 Å². The minimum atomic E-state index is -0.578. The first kappa shape index (κ1) is 26.3. The standard InChI is InChI=1S/C22H23N7O6S/c1-13(2)19(24-21(31)14-7-6-8-15(11-14)28(32)33)20-25-26-22(27(20)3)36-12-18(30)23-16-9-4-5-10-17(16)29(34)35/h4-11,13,19H,12H2,1-3H3,(H,23,30)(H,24,31)/t19-/m0/s1. The molecular formula is C22H23N7O6S. The van der Waals surface area contributed by atoms with E-state index in [2.05, 4.69) is 20.8 Å². The van der Waals surface area contributed by atoms with Crippen molar-refractivity contribution in [2.24, 2.45) is 13.0 Å². The van der Waals surface area contributed by atoms with Crippen LogP contribution in [0.15, 0.2) is 53.7 Å². The van der Waals surface area contributed by atoms with Gasteiger partial charge in [-0.05, 0) is 18.1 Å². The van der Waals surface area contributed by atoms with Crippen molar-refractivity contribution in [3.63, 3.8) is 0 Å². The van der Waals surface area contributed by atoms with Crippen LogP contribution in [-0.2, 0) is 11.8 Å². The lowest BCUT2D eigenvalue weighted by Gasteiger charge is -2.21. The quantitative estimate of drug-likeness (QED) is 0.233. The number of carbonyl (C=O) groups is 2. The minimum Gasteiger partial charge on any atom is -0.342 e. The second kappa shape index (κ2) is 11.4. The Morgan fingerprint density at radius 3 is 2.44 bits per heavy atom. The molecule has 2 aromatic carbocycles. The monoisotopic (exact) mass is 513 g/mol. The van der Waals surface area contributed by atoms with Crippen LogP contribution in [0, 0.1) is 26.1 Å². The smallest absolute Gasteiger partial charge is 0.292 e. The van der Waals surface area contributed by atoms with Crippen LogP contribution in [-0.4, -0.2) is 42.2 Å². The molecule has 0 fully saturated rings. The van der Waals surface area contributed by atoms with Gasteiger partial charge in [0.15, 0.2) is 11.0 Å². The Hall–Kier alpha value is -4.33. The van der Waals surface area contributed by atoms with E-state index in [4.69, 9.17) is 0 Å². The third-order valence-electron chi connectivity index (χ3n) is 5.13. The fourth-order valence-electron chi connectivity index (χ4n) is 3.29. The maximum atomic E-state index is 12.8. The van der Waals surface area contributed by atoms with E-state index < -0.39 is 27.7 Å². The fourth-order valence-corrected chi connectivity index (χ4v) is 4.01. The molecule has 0 aliphatic carbocycles. The minimum absolute atomic E-state index is 0.0790. The number of benzene rings is 2. The molecule has 2 N–H and O–H groups in total. The maximum absolute atomic E-state index is 12.8. The summed E-state index contributed by atoms with van der Waals surface area (Å²) < 4.78 is 1.64. The van der Waals surface area contributed by atoms with Crippen molar-refractivity contribution in [2.45, 2.75) is 25.0 Å². The van der Waals surface area contributed by atoms with Gasteiger partial charge < -0.3 is 15.2 Å². The number of hydrogen-bond acceptors (Lipinski definition) is 9. The normalized spacial score (nSPS) is 11.7. The molecule has 0 aliphatic heterocycles. The first-order chi connectivity index (χ1) is 17.1. The number of aromatic nitrogens is 3. The maximum Gasteiger partial charge on any atom is 0.292 e. The van der Waals surface area contributed by atoms with E-state index in [1.807, 2.05) is 13.8 Å². The van der Waals surface area contributed by atoms with E-state index in [0.29, 0.717) is 11.0 Å². The molecule has 0 unspecified atom stereocenters. The third-order valence-corrected chi connectivity index (χ3v) is 6.15. The van der Waals surface area contributed by atoms with Gasteiger partial charge in [-0.25, -0.2) is 0 Å². The highest BCUT2D eigenvalue weighted by Crippen LogP contribution is 2.26. The fraction of sp³-hybridized carbons (Fsp3) is 0.273. The van der Waals surface area contributed by atoms with Crippen LogP contribution in [0.2, 0.25) is 0 Å². The van der Waals surface area contributed by atoms with E-state index in [0.717, 1.165) is 11.8 Å². The van der Waals surface area contributed by atoms with Gasteiger partial charge in [0.25, 0.3) is 17.3 Å². The van der Waals surface area contributed by atoms with Crippen molar-refractivity contribution >= 4 is 40.6 Å². The van der Waals surface area contributed by atoms with Gasteiger partial charge in [-0.3, -0.25) is 29.8 Å². The predicted octanol–water partition coefficient (Wildman–Crippen LogP) is 3.49. The summed E-state index contributed by atoms with van der Waals surface area (Å²) in [7, 11) is 1.69. The largest absolute Gasteiger partial charge is 0.342 e. The summed E-state index contributed by atoms with van der Waals surface area (Å²) in [4.78, 5) is 46.2. The number of thioether (sulfide) groups is 1. The topological polar surface area (TPSA) is 175 Å². The number of para-hydroxylation sites is 2. The first-order valence-electron chi connectivity index (χ1n) is 10.7. The van der Waals surface area contributed by atoms with Crippen LogP contribution in [0.1, 0.15) is 36.1 Å². The van der Waals surface area contributed by atoms with Crippen LogP contribution in [0.5, 0.6) is 0 Å². The lowest BCUT2D eigenvalue weighted by molar-refractivity contribution is -0.384. The average molecular weight is 514 g/mol. The summed E-state index contributed by atoms with van der Waals surface area (Å²) >= 11 is 1.08. The van der Waals surface area contributed by atoms with E-state index in [1.165, 1.54) is 42.5 Å². The van der Waals surface area contributed by atoms with Crippen LogP contribution in [0.25, 0.3) is 0 Å². The molecule has 188 valence electrons. The van der Waals surface area contributed by atoms with Gasteiger partial charge >= 0.3 is 0 Å². The number of nitro benzene ring substituents is 2. The van der Waals surface area contributed by atoms with Crippen molar-refractivity contribution in [3.8, 4) is 0 Å². The second-order valence-corrected chi connectivity index (χ2v) is 8.96. The van der Waals surface area contributed by atoms with Crippen LogP contribution < -0.4 is 10.6 Å². The van der Waals surface area contributed by atoms with Crippen molar-refractivity contribution in [3.05, 3.63) is 80.1 Å². The molecule has 0 saturated carbocycles. The summed E-state index contributed by atoms with van der Waals surface area (Å²) in [6.45, 7) is 3.75. The Morgan fingerprint density at radius 1 is 1.06 bits per heavy atom. The molecule has 36 heavy (non-hydrogen) atoms. The molecule has 0 bridgehead atoms. The zero-order valence-corrected chi connectivity index (χ0v) is 20.4. The number of anilines is 1. The summed E-state index contributed by atoms with van der Waals surface area (Å²) in [6, 6.07) is 10.7. The summed E-state index contributed by atoms with van der Waals surface area (Å²) in [5.41, 5.74) is -0.176. The lowest BCUT2D eigenvalue weighted by atomic mass is 10.0. The van der Waals surface area contributed by atoms with Gasteiger partial charge in [0.1, 0.15) is 5.69 Å². The van der Waals surface area contributed by atoms with Crippen molar-refractivity contribution < 1.29 is 19.4 Å². The number of hydrogen-bond donors (Lipinski definition) is 2. The Kier molecular flexibility index (Phi) is 8.32. The van der Waals surface area contributed by atoms with Gasteiger partial charge in [0.05, 0.1) is 21.6 Å². The Labute approximate surface area is 209 Å². The van der Waals surface area contributed by atoms with E-state index in [1.54, 1.807) is 17.7 Å². The van der Waals surface area contributed by atoms with Gasteiger partial charge in [-0.1, -0.05) is 43.8 Å². The second-order valence-electron chi connectivity index (χ2n) is 8.01. The molecule has 0 spiro atoms. The third kappa shape index (κ3) is 6.21. The summed E-state index contributed by atoms with van der Waals surface area (Å²) in [5, 5.41) is 36.2. The molecule has 0 radical (unpaired) electrons. The first-order valence-corrected chi connectivity index (χ1v) is 11.7. The Morgan fingerprint density at radius 2 is 1.78 bits per heavy atom. The molecule has 3 rings (SSSR count). The number of nitrogens with one attached hydrogen (secondary N) is 2. The summed E-state index contributed by atoms with van der Waals surface area (Å²) in [6.07, 6.45) is 0. The summed E-state index contributed by atoms with van der Waals surface area (Å²) in [5.74, 6) is -0.706. The van der Waals surface area contributed by atoms with E-state index in [9.17, 15) is 29.8 Å². The molecule has 1 atom stereocenters. The number of non-ortho nitro benzene ring substituents is 1. The highest BCUT2D eigenvalue weighted by Gasteiger charge is 2.26. The van der Waals surface area contributed by atoms with Crippen molar-refractivity contribution in [2.75, 3.05) is 11.1 Å². The van der Waals surface area contributed by atoms with Gasteiger partial charge in [0.2, 0.25) is 5.91 Å². The molecule has 3 aromatic rings.